The average Bonchev–Trinajstić information content (AvgIpc) is 3.12. The number of rotatable bonds is 8. The Labute approximate surface area is 173 Å². The summed E-state index contributed by atoms with van der Waals surface area (Å²) in [5.41, 5.74) is 2.43. The van der Waals surface area contributed by atoms with Crippen LogP contribution in [0.4, 0.5) is 0 Å². The van der Waals surface area contributed by atoms with Crippen LogP contribution in [0, 0.1) is 17.3 Å². The molecule has 2 nitrogen and oxygen atoms in total. The normalized spacial score (nSPS) is 34.1. The zero-order valence-corrected chi connectivity index (χ0v) is 19.4. The van der Waals surface area contributed by atoms with Gasteiger partial charge in [-0.25, -0.2) is 0 Å². The van der Waals surface area contributed by atoms with Crippen molar-refractivity contribution in [3.8, 4) is 0 Å². The molecule has 0 aromatic heterocycles. The van der Waals surface area contributed by atoms with Crippen LogP contribution in [-0.4, -0.2) is 28.5 Å². The van der Waals surface area contributed by atoms with E-state index in [-0.39, 0.29) is 16.6 Å². The van der Waals surface area contributed by atoms with Crippen molar-refractivity contribution in [3.63, 3.8) is 0 Å². The van der Waals surface area contributed by atoms with Crippen LogP contribution in [0.15, 0.2) is 49.2 Å². The fraction of sp³-hybridized carbons (Fsp3) is 0.654. The quantitative estimate of drug-likeness (QED) is 0.258. The first-order chi connectivity index (χ1) is 13.1. The minimum absolute atomic E-state index is 0.241. The van der Waals surface area contributed by atoms with Gasteiger partial charge in [0.05, 0.1) is 5.41 Å². The van der Waals surface area contributed by atoms with Crippen LogP contribution < -0.4 is 0 Å². The molecule has 2 aliphatic carbocycles. The van der Waals surface area contributed by atoms with Gasteiger partial charge in [0.2, 0.25) is 5.54 Å². The van der Waals surface area contributed by atoms with E-state index >= 15 is 0 Å². The van der Waals surface area contributed by atoms with Gasteiger partial charge in [-0.15, -0.1) is 0 Å². The van der Waals surface area contributed by atoms with Crippen LogP contribution in [0.2, 0.25) is 0 Å². The van der Waals surface area contributed by atoms with Crippen molar-refractivity contribution in [1.82, 2.24) is 0 Å². The van der Waals surface area contributed by atoms with E-state index < -0.39 is 0 Å². The molecule has 4 unspecified atom stereocenters. The van der Waals surface area contributed by atoms with Crippen molar-refractivity contribution >= 4 is 5.71 Å². The maximum atomic E-state index is 6.55. The Bertz CT molecular complexity index is 704. The lowest BCUT2D eigenvalue weighted by molar-refractivity contribution is -0.543. The fourth-order valence-corrected chi connectivity index (χ4v) is 6.77. The number of ether oxygens (including phenoxy) is 1. The average molecular weight is 385 g/mol. The summed E-state index contributed by atoms with van der Waals surface area (Å²) in [5.74, 6) is 1.10. The van der Waals surface area contributed by atoms with E-state index in [1.165, 1.54) is 37.8 Å². The molecule has 0 aliphatic heterocycles. The number of allylic oxidation sites excluding steroid dienone is 3. The summed E-state index contributed by atoms with van der Waals surface area (Å²) >= 11 is 0. The molecule has 2 saturated carbocycles. The summed E-state index contributed by atoms with van der Waals surface area (Å²) in [6, 6.07) is 0. The van der Waals surface area contributed by atoms with Crippen molar-refractivity contribution in [2.75, 3.05) is 7.11 Å². The van der Waals surface area contributed by atoms with E-state index in [0.29, 0.717) is 11.8 Å². The largest absolute Gasteiger partial charge is 0.369 e. The van der Waals surface area contributed by atoms with E-state index in [0.717, 1.165) is 11.3 Å². The number of nitrogens with zero attached hydrogens (tertiary/aromatic N) is 1. The molecule has 4 atom stereocenters. The molecular weight excluding hydrogens is 342 g/mol. The zero-order valence-electron chi connectivity index (χ0n) is 19.4. The second-order valence-electron chi connectivity index (χ2n) is 9.33. The van der Waals surface area contributed by atoms with Crippen molar-refractivity contribution in [2.45, 2.75) is 84.8 Å². The Morgan fingerprint density at radius 3 is 2.14 bits per heavy atom. The highest BCUT2D eigenvalue weighted by Gasteiger charge is 2.93. The summed E-state index contributed by atoms with van der Waals surface area (Å²) in [7, 11) is 1.89. The summed E-state index contributed by atoms with van der Waals surface area (Å²) in [6.45, 7) is 26.4. The third-order valence-electron chi connectivity index (χ3n) is 8.13. The lowest BCUT2D eigenvalue weighted by atomic mass is 9.74. The van der Waals surface area contributed by atoms with E-state index in [1.54, 1.807) is 0 Å². The molecule has 2 heteroatoms. The van der Waals surface area contributed by atoms with E-state index in [1.807, 2.05) is 20.1 Å². The third kappa shape index (κ3) is 2.83. The van der Waals surface area contributed by atoms with Gasteiger partial charge in [-0.1, -0.05) is 64.3 Å². The lowest BCUT2D eigenvalue weighted by Crippen LogP contribution is -2.43. The summed E-state index contributed by atoms with van der Waals surface area (Å²) in [5, 5.41) is 0. The second kappa shape index (κ2) is 8.14. The van der Waals surface area contributed by atoms with Crippen molar-refractivity contribution < 1.29 is 9.31 Å². The van der Waals surface area contributed by atoms with Gasteiger partial charge in [0, 0.05) is 34.0 Å². The molecule has 28 heavy (non-hydrogen) atoms. The highest BCUT2D eigenvalue weighted by atomic mass is 16.5. The maximum Gasteiger partial charge on any atom is 0.207 e. The first kappa shape index (κ1) is 22.9. The molecule has 0 aromatic rings. The Balaban J connectivity index is 2.70. The zero-order chi connectivity index (χ0) is 21.3. The predicted molar refractivity (Wildman–Crippen MR) is 122 cm³/mol. The van der Waals surface area contributed by atoms with Gasteiger partial charge in [-0.05, 0) is 37.8 Å². The van der Waals surface area contributed by atoms with Crippen LogP contribution in [0.3, 0.4) is 0 Å². The monoisotopic (exact) mass is 384 g/mol. The van der Waals surface area contributed by atoms with Gasteiger partial charge >= 0.3 is 0 Å². The Morgan fingerprint density at radius 2 is 1.71 bits per heavy atom. The highest BCUT2D eigenvalue weighted by Crippen LogP contribution is 2.76. The van der Waals surface area contributed by atoms with Crippen molar-refractivity contribution in [2.24, 2.45) is 17.3 Å². The molecule has 0 aromatic carbocycles. The van der Waals surface area contributed by atoms with Crippen LogP contribution in [0.5, 0.6) is 0 Å². The molecule has 0 N–H and O–H groups in total. The molecule has 2 fully saturated rings. The van der Waals surface area contributed by atoms with Crippen LogP contribution >= 0.6 is 0 Å². The number of hydrogen-bond acceptors (Lipinski definition) is 1. The van der Waals surface area contributed by atoms with Crippen LogP contribution in [-0.2, 0) is 4.74 Å². The third-order valence-corrected chi connectivity index (χ3v) is 8.13. The topological polar surface area (TPSA) is 12.2 Å². The molecule has 0 amide bonds. The molecule has 0 spiro atoms. The summed E-state index contributed by atoms with van der Waals surface area (Å²) < 4.78 is 8.94. The molecule has 0 heterocycles. The summed E-state index contributed by atoms with van der Waals surface area (Å²) in [6.07, 6.45) is 12.7. The molecule has 2 rings (SSSR count). The van der Waals surface area contributed by atoms with Gasteiger partial charge in [0.15, 0.2) is 17.0 Å². The Morgan fingerprint density at radius 1 is 1.14 bits per heavy atom. The first-order valence-electron chi connectivity index (χ1n) is 10.9. The highest BCUT2D eigenvalue weighted by molar-refractivity contribution is 5.75. The Hall–Kier alpha value is -1.41. The van der Waals surface area contributed by atoms with Crippen LogP contribution in [0.1, 0.15) is 73.6 Å². The molecule has 156 valence electrons. The minimum Gasteiger partial charge on any atom is -0.369 e. The van der Waals surface area contributed by atoms with Gasteiger partial charge in [0.1, 0.15) is 0 Å². The maximum absolute atomic E-state index is 6.55. The van der Waals surface area contributed by atoms with E-state index in [9.17, 15) is 0 Å². The number of hydrogen-bond donors (Lipinski definition) is 0. The SMILES string of the molecule is C=CC(=C)C1(C)C(OC)(C(C)C2CCCCC2)C1(C)[N+](C(=C)/C=C\C)=C(C)C. The van der Waals surface area contributed by atoms with E-state index in [2.05, 4.69) is 71.1 Å². The second-order valence-corrected chi connectivity index (χ2v) is 9.33. The van der Waals surface area contributed by atoms with E-state index in [4.69, 9.17) is 4.74 Å². The standard InChI is InChI=1S/C26H42NO/c1-11-16-21(6)27(19(3)4)25(9)24(8,20(5)12-2)26(25,28-10)22(7)23-17-14-13-15-18-23/h11-12,16,22-23H,2,5-6,13-15,17-18H2,1,3-4,7-10H3/q+1/b16-11-. The van der Waals surface area contributed by atoms with Gasteiger partial charge in [-0.2, -0.15) is 4.58 Å². The number of methoxy groups -OCH3 is 1. The first-order valence-corrected chi connectivity index (χ1v) is 10.9. The Kier molecular flexibility index (Phi) is 6.65. The summed E-state index contributed by atoms with van der Waals surface area (Å²) in [4.78, 5) is 0. The predicted octanol–water partition coefficient (Wildman–Crippen LogP) is 6.69. The minimum atomic E-state index is -0.338. The fourth-order valence-electron chi connectivity index (χ4n) is 6.77. The molecule has 0 saturated heterocycles. The smallest absolute Gasteiger partial charge is 0.207 e. The van der Waals surface area contributed by atoms with Crippen LogP contribution in [0.25, 0.3) is 0 Å². The van der Waals surface area contributed by atoms with Gasteiger partial charge < -0.3 is 4.74 Å². The molecule has 0 bridgehead atoms. The lowest BCUT2D eigenvalue weighted by Gasteiger charge is -2.35. The van der Waals surface area contributed by atoms with Crippen molar-refractivity contribution in [3.05, 3.63) is 49.2 Å². The molecular formula is C26H42NO+. The molecule has 0 radical (unpaired) electrons. The van der Waals surface area contributed by atoms with Gasteiger partial charge in [0.25, 0.3) is 0 Å². The molecule has 2 aliphatic rings. The van der Waals surface area contributed by atoms with Crippen molar-refractivity contribution in [1.29, 1.82) is 0 Å². The van der Waals surface area contributed by atoms with Gasteiger partial charge in [-0.3, -0.25) is 0 Å².